The fourth-order valence-electron chi connectivity index (χ4n) is 2.04. The van der Waals surface area contributed by atoms with Crippen LogP contribution in [0.25, 0.3) is 0 Å². The van der Waals surface area contributed by atoms with Gasteiger partial charge in [-0.3, -0.25) is 4.79 Å². The van der Waals surface area contributed by atoms with E-state index in [4.69, 9.17) is 4.74 Å². The predicted octanol–water partition coefficient (Wildman–Crippen LogP) is 1.92. The van der Waals surface area contributed by atoms with E-state index in [1.54, 1.807) is 0 Å². The lowest BCUT2D eigenvalue weighted by Gasteiger charge is -2.18. The predicted molar refractivity (Wildman–Crippen MR) is 60.6 cm³/mol. The van der Waals surface area contributed by atoms with Crippen LogP contribution in [0.5, 0.6) is 0 Å². The third kappa shape index (κ3) is 4.20. The molecular weight excluding hydrogens is 190 g/mol. The van der Waals surface area contributed by atoms with Gasteiger partial charge in [0.2, 0.25) is 0 Å². The zero-order chi connectivity index (χ0) is 11.4. The molecule has 1 atom stereocenters. The Kier molecular flexibility index (Phi) is 4.58. The normalized spacial score (nSPS) is 22.7. The van der Waals surface area contributed by atoms with Gasteiger partial charge in [0.1, 0.15) is 0 Å². The van der Waals surface area contributed by atoms with Gasteiger partial charge < -0.3 is 9.64 Å². The van der Waals surface area contributed by atoms with Crippen LogP contribution in [0.1, 0.15) is 34.1 Å². The van der Waals surface area contributed by atoms with Crippen LogP contribution in [0.2, 0.25) is 0 Å². The number of hydrogen-bond acceptors (Lipinski definition) is 3. The highest BCUT2D eigenvalue weighted by atomic mass is 16.5. The lowest BCUT2D eigenvalue weighted by Crippen LogP contribution is -2.28. The van der Waals surface area contributed by atoms with Crippen molar-refractivity contribution < 1.29 is 9.53 Å². The minimum atomic E-state index is -0.0174. The molecule has 15 heavy (non-hydrogen) atoms. The summed E-state index contributed by atoms with van der Waals surface area (Å²) in [4.78, 5) is 14.0. The average molecular weight is 213 g/mol. The van der Waals surface area contributed by atoms with Crippen molar-refractivity contribution in [2.24, 2.45) is 11.8 Å². The number of ether oxygens (including phenoxy) is 1. The molecule has 0 aromatic heterocycles. The van der Waals surface area contributed by atoms with E-state index in [1.807, 2.05) is 13.8 Å². The Bertz CT molecular complexity index is 214. The van der Waals surface area contributed by atoms with E-state index in [9.17, 15) is 4.79 Å². The Morgan fingerprint density at radius 2 is 2.07 bits per heavy atom. The van der Waals surface area contributed by atoms with Crippen LogP contribution in [-0.4, -0.2) is 36.6 Å². The van der Waals surface area contributed by atoms with Crippen LogP contribution in [0.4, 0.5) is 0 Å². The molecule has 3 nitrogen and oxygen atoms in total. The number of esters is 1. The van der Waals surface area contributed by atoms with Crippen molar-refractivity contribution in [3.05, 3.63) is 0 Å². The van der Waals surface area contributed by atoms with Gasteiger partial charge in [-0.25, -0.2) is 0 Å². The summed E-state index contributed by atoms with van der Waals surface area (Å²) in [7, 11) is 0. The zero-order valence-electron chi connectivity index (χ0n) is 10.3. The summed E-state index contributed by atoms with van der Waals surface area (Å²) in [5.74, 6) is 0.757. The number of nitrogens with zero attached hydrogens (tertiary/aromatic N) is 1. The van der Waals surface area contributed by atoms with Crippen molar-refractivity contribution in [3.8, 4) is 0 Å². The number of likely N-dealkylation sites (tertiary alicyclic amines) is 1. The summed E-state index contributed by atoms with van der Waals surface area (Å²) in [6.45, 7) is 11.2. The minimum Gasteiger partial charge on any atom is -0.463 e. The highest BCUT2D eigenvalue weighted by Gasteiger charge is 2.29. The number of carbonyl (C=O) groups excluding carboxylic acids is 1. The standard InChI is InChI=1S/C12H23NO2/c1-9(2)7-13-6-5-11(8-13)12(14)15-10(3)4/h9-11H,5-8H2,1-4H3. The number of carbonyl (C=O) groups is 1. The third-order valence-corrected chi connectivity index (χ3v) is 2.58. The van der Waals surface area contributed by atoms with Gasteiger partial charge >= 0.3 is 5.97 Å². The maximum absolute atomic E-state index is 11.6. The molecule has 3 heteroatoms. The van der Waals surface area contributed by atoms with E-state index >= 15 is 0 Å². The molecule has 0 aliphatic carbocycles. The second-order valence-electron chi connectivity index (χ2n) is 5.12. The van der Waals surface area contributed by atoms with Crippen molar-refractivity contribution >= 4 is 5.97 Å². The molecule has 0 N–H and O–H groups in total. The van der Waals surface area contributed by atoms with Gasteiger partial charge in [-0.1, -0.05) is 13.8 Å². The van der Waals surface area contributed by atoms with Crippen LogP contribution in [0.15, 0.2) is 0 Å². The number of hydrogen-bond donors (Lipinski definition) is 0. The summed E-state index contributed by atoms with van der Waals surface area (Å²) >= 11 is 0. The van der Waals surface area contributed by atoms with Crippen LogP contribution < -0.4 is 0 Å². The van der Waals surface area contributed by atoms with Crippen molar-refractivity contribution in [2.75, 3.05) is 19.6 Å². The van der Waals surface area contributed by atoms with E-state index in [0.717, 1.165) is 26.1 Å². The van der Waals surface area contributed by atoms with Gasteiger partial charge in [-0.15, -0.1) is 0 Å². The van der Waals surface area contributed by atoms with Gasteiger partial charge in [-0.05, 0) is 32.7 Å². The molecule has 0 radical (unpaired) electrons. The first kappa shape index (κ1) is 12.5. The Morgan fingerprint density at radius 1 is 1.40 bits per heavy atom. The van der Waals surface area contributed by atoms with Crippen molar-refractivity contribution in [1.82, 2.24) is 4.90 Å². The largest absolute Gasteiger partial charge is 0.463 e. The van der Waals surface area contributed by atoms with Crippen molar-refractivity contribution in [3.63, 3.8) is 0 Å². The van der Waals surface area contributed by atoms with E-state index in [0.29, 0.717) is 5.92 Å². The van der Waals surface area contributed by atoms with Gasteiger partial charge in [0.25, 0.3) is 0 Å². The highest BCUT2D eigenvalue weighted by Crippen LogP contribution is 2.19. The summed E-state index contributed by atoms with van der Waals surface area (Å²) in [5.41, 5.74) is 0. The molecule has 1 unspecified atom stereocenters. The van der Waals surface area contributed by atoms with Crippen LogP contribution in [0, 0.1) is 11.8 Å². The number of rotatable bonds is 4. The molecular formula is C12H23NO2. The van der Waals surface area contributed by atoms with Crippen LogP contribution >= 0.6 is 0 Å². The first-order chi connectivity index (χ1) is 6.99. The lowest BCUT2D eigenvalue weighted by molar-refractivity contribution is -0.151. The SMILES string of the molecule is CC(C)CN1CCC(C(=O)OC(C)C)C1. The van der Waals surface area contributed by atoms with E-state index in [-0.39, 0.29) is 18.0 Å². The van der Waals surface area contributed by atoms with E-state index < -0.39 is 0 Å². The molecule has 0 aromatic rings. The van der Waals surface area contributed by atoms with Gasteiger partial charge in [0, 0.05) is 13.1 Å². The summed E-state index contributed by atoms with van der Waals surface area (Å²) < 4.78 is 5.22. The molecule has 0 amide bonds. The Labute approximate surface area is 92.8 Å². The fourth-order valence-corrected chi connectivity index (χ4v) is 2.04. The lowest BCUT2D eigenvalue weighted by atomic mass is 10.1. The smallest absolute Gasteiger partial charge is 0.310 e. The van der Waals surface area contributed by atoms with Crippen molar-refractivity contribution in [1.29, 1.82) is 0 Å². The van der Waals surface area contributed by atoms with Crippen molar-refractivity contribution in [2.45, 2.75) is 40.2 Å². The molecule has 1 rings (SSSR count). The molecule has 0 saturated carbocycles. The highest BCUT2D eigenvalue weighted by molar-refractivity contribution is 5.73. The average Bonchev–Trinajstić information content (AvgIpc) is 2.50. The summed E-state index contributed by atoms with van der Waals surface area (Å²) in [6.07, 6.45) is 0.967. The topological polar surface area (TPSA) is 29.5 Å². The third-order valence-electron chi connectivity index (χ3n) is 2.58. The second kappa shape index (κ2) is 5.50. The van der Waals surface area contributed by atoms with Gasteiger partial charge in [-0.2, -0.15) is 0 Å². The molecule has 1 heterocycles. The van der Waals surface area contributed by atoms with E-state index in [1.165, 1.54) is 0 Å². The Balaban J connectivity index is 2.32. The second-order valence-corrected chi connectivity index (χ2v) is 5.12. The molecule has 0 spiro atoms. The summed E-state index contributed by atoms with van der Waals surface area (Å²) in [6, 6.07) is 0. The molecule has 1 fully saturated rings. The van der Waals surface area contributed by atoms with E-state index in [2.05, 4.69) is 18.7 Å². The zero-order valence-corrected chi connectivity index (χ0v) is 10.3. The monoisotopic (exact) mass is 213 g/mol. The fraction of sp³-hybridized carbons (Fsp3) is 0.917. The van der Waals surface area contributed by atoms with Crippen LogP contribution in [-0.2, 0) is 9.53 Å². The quantitative estimate of drug-likeness (QED) is 0.668. The molecule has 1 saturated heterocycles. The molecule has 1 aliphatic rings. The summed E-state index contributed by atoms with van der Waals surface area (Å²) in [5, 5.41) is 0. The molecule has 0 bridgehead atoms. The molecule has 1 aliphatic heterocycles. The minimum absolute atomic E-state index is 0.0108. The Morgan fingerprint density at radius 3 is 2.60 bits per heavy atom. The van der Waals surface area contributed by atoms with Gasteiger partial charge in [0.15, 0.2) is 0 Å². The maximum atomic E-state index is 11.6. The van der Waals surface area contributed by atoms with Gasteiger partial charge in [0.05, 0.1) is 12.0 Å². The molecule has 88 valence electrons. The van der Waals surface area contributed by atoms with Crippen LogP contribution in [0.3, 0.4) is 0 Å². The first-order valence-corrected chi connectivity index (χ1v) is 5.92. The first-order valence-electron chi connectivity index (χ1n) is 5.92. The molecule has 0 aromatic carbocycles. The Hall–Kier alpha value is -0.570. The maximum Gasteiger partial charge on any atom is 0.310 e.